The standard InChI is InChI=1S/C17H35N3O/c1-4-18-13-17(7-5-6-8-17)15-20-11-9-19(10-12-20)14-16(2,3)21/h18,21H,4-15H2,1-3H3. The molecule has 0 spiro atoms. The lowest BCUT2D eigenvalue weighted by atomic mass is 9.85. The number of piperazine rings is 1. The predicted octanol–water partition coefficient (Wildman–Crippen LogP) is 1.54. The third kappa shape index (κ3) is 5.51. The van der Waals surface area contributed by atoms with E-state index in [1.165, 1.54) is 38.8 Å². The molecule has 1 saturated carbocycles. The van der Waals surface area contributed by atoms with Gasteiger partial charge in [-0.05, 0) is 38.6 Å². The normalized spacial score (nSPS) is 24.6. The Bertz CT molecular complexity index is 300. The van der Waals surface area contributed by atoms with Crippen molar-refractivity contribution in [1.82, 2.24) is 15.1 Å². The number of nitrogens with zero attached hydrogens (tertiary/aromatic N) is 2. The summed E-state index contributed by atoms with van der Waals surface area (Å²) >= 11 is 0. The predicted molar refractivity (Wildman–Crippen MR) is 88.6 cm³/mol. The first kappa shape index (κ1) is 17.2. The average Bonchev–Trinajstić information content (AvgIpc) is 2.86. The van der Waals surface area contributed by atoms with Gasteiger partial charge in [0.25, 0.3) is 0 Å². The number of hydrogen-bond acceptors (Lipinski definition) is 4. The van der Waals surface area contributed by atoms with Gasteiger partial charge in [-0.1, -0.05) is 19.8 Å². The van der Waals surface area contributed by atoms with Gasteiger partial charge >= 0.3 is 0 Å². The maximum atomic E-state index is 9.94. The zero-order chi connectivity index (χ0) is 15.3. The molecule has 0 aromatic heterocycles. The van der Waals surface area contributed by atoms with Crippen LogP contribution in [0.5, 0.6) is 0 Å². The molecular weight excluding hydrogens is 262 g/mol. The van der Waals surface area contributed by atoms with Crippen molar-refractivity contribution in [3.05, 3.63) is 0 Å². The minimum Gasteiger partial charge on any atom is -0.389 e. The van der Waals surface area contributed by atoms with Crippen LogP contribution in [0, 0.1) is 5.41 Å². The van der Waals surface area contributed by atoms with E-state index in [-0.39, 0.29) is 0 Å². The van der Waals surface area contributed by atoms with Crippen LogP contribution in [0.15, 0.2) is 0 Å². The maximum absolute atomic E-state index is 9.94. The van der Waals surface area contributed by atoms with Gasteiger partial charge in [-0.3, -0.25) is 4.90 Å². The Morgan fingerprint density at radius 2 is 1.62 bits per heavy atom. The van der Waals surface area contributed by atoms with Crippen molar-refractivity contribution in [3.8, 4) is 0 Å². The molecule has 4 heteroatoms. The number of hydrogen-bond donors (Lipinski definition) is 2. The van der Waals surface area contributed by atoms with Gasteiger partial charge in [-0.2, -0.15) is 0 Å². The second-order valence-electron chi connectivity index (χ2n) is 7.85. The lowest BCUT2D eigenvalue weighted by Crippen LogP contribution is -2.53. The van der Waals surface area contributed by atoms with Gasteiger partial charge in [0, 0.05) is 45.8 Å². The molecule has 1 heterocycles. The summed E-state index contributed by atoms with van der Waals surface area (Å²) in [5.74, 6) is 0. The fraction of sp³-hybridized carbons (Fsp3) is 1.00. The molecule has 0 unspecified atom stereocenters. The molecular formula is C17H35N3O. The second-order valence-corrected chi connectivity index (χ2v) is 7.85. The van der Waals surface area contributed by atoms with Crippen LogP contribution < -0.4 is 5.32 Å². The van der Waals surface area contributed by atoms with E-state index in [4.69, 9.17) is 0 Å². The summed E-state index contributed by atoms with van der Waals surface area (Å²) < 4.78 is 0. The molecule has 0 radical (unpaired) electrons. The summed E-state index contributed by atoms with van der Waals surface area (Å²) in [4.78, 5) is 5.06. The molecule has 0 bridgehead atoms. The average molecular weight is 297 g/mol. The molecule has 1 aliphatic carbocycles. The van der Waals surface area contributed by atoms with Crippen LogP contribution in [0.4, 0.5) is 0 Å². The lowest BCUT2D eigenvalue weighted by Gasteiger charge is -2.41. The van der Waals surface area contributed by atoms with Gasteiger partial charge < -0.3 is 15.3 Å². The zero-order valence-electron chi connectivity index (χ0n) is 14.3. The Morgan fingerprint density at radius 3 is 2.14 bits per heavy atom. The molecule has 4 nitrogen and oxygen atoms in total. The van der Waals surface area contributed by atoms with Crippen molar-refractivity contribution in [2.75, 3.05) is 52.4 Å². The Morgan fingerprint density at radius 1 is 1.05 bits per heavy atom. The summed E-state index contributed by atoms with van der Waals surface area (Å²) in [7, 11) is 0. The van der Waals surface area contributed by atoms with E-state index >= 15 is 0 Å². The molecule has 1 saturated heterocycles. The molecule has 0 amide bonds. The highest BCUT2D eigenvalue weighted by Gasteiger charge is 2.36. The monoisotopic (exact) mass is 297 g/mol. The topological polar surface area (TPSA) is 38.7 Å². The van der Waals surface area contributed by atoms with E-state index in [2.05, 4.69) is 22.0 Å². The molecule has 0 aromatic rings. The van der Waals surface area contributed by atoms with Crippen molar-refractivity contribution >= 4 is 0 Å². The van der Waals surface area contributed by atoms with E-state index < -0.39 is 5.60 Å². The van der Waals surface area contributed by atoms with E-state index in [1.54, 1.807) is 0 Å². The minimum atomic E-state index is -0.570. The third-order valence-corrected chi connectivity index (χ3v) is 5.05. The first-order valence-electron chi connectivity index (χ1n) is 8.80. The van der Waals surface area contributed by atoms with Gasteiger partial charge in [-0.25, -0.2) is 0 Å². The van der Waals surface area contributed by atoms with Gasteiger partial charge in [-0.15, -0.1) is 0 Å². The molecule has 2 rings (SSSR count). The Labute approximate surface area is 130 Å². The van der Waals surface area contributed by atoms with Crippen LogP contribution in [-0.2, 0) is 0 Å². The first-order valence-corrected chi connectivity index (χ1v) is 8.80. The Kier molecular flexibility index (Phi) is 6.06. The second kappa shape index (κ2) is 7.40. The van der Waals surface area contributed by atoms with Crippen molar-refractivity contribution < 1.29 is 5.11 Å². The SMILES string of the molecule is CCNCC1(CN2CCN(CC(C)(C)O)CC2)CCCC1. The summed E-state index contributed by atoms with van der Waals surface area (Å²) in [6.45, 7) is 14.9. The fourth-order valence-electron chi connectivity index (χ4n) is 4.03. The van der Waals surface area contributed by atoms with Crippen molar-refractivity contribution in [2.45, 2.75) is 52.1 Å². The highest BCUT2D eigenvalue weighted by Crippen LogP contribution is 2.38. The highest BCUT2D eigenvalue weighted by atomic mass is 16.3. The molecule has 2 aliphatic rings. The zero-order valence-corrected chi connectivity index (χ0v) is 14.3. The molecule has 21 heavy (non-hydrogen) atoms. The highest BCUT2D eigenvalue weighted by molar-refractivity contribution is 4.90. The first-order chi connectivity index (χ1) is 9.92. The van der Waals surface area contributed by atoms with Crippen LogP contribution in [0.25, 0.3) is 0 Å². The molecule has 2 fully saturated rings. The lowest BCUT2D eigenvalue weighted by molar-refractivity contribution is 0.0109. The van der Waals surface area contributed by atoms with Gasteiger partial charge in [0.05, 0.1) is 5.60 Å². The smallest absolute Gasteiger partial charge is 0.0718 e. The van der Waals surface area contributed by atoms with Crippen LogP contribution in [0.3, 0.4) is 0 Å². The van der Waals surface area contributed by atoms with Crippen LogP contribution >= 0.6 is 0 Å². The summed E-state index contributed by atoms with van der Waals surface area (Å²) in [5.41, 5.74) is -0.0473. The van der Waals surface area contributed by atoms with E-state index in [1.807, 2.05) is 13.8 Å². The molecule has 0 atom stereocenters. The number of nitrogens with one attached hydrogen (secondary N) is 1. The molecule has 2 N–H and O–H groups in total. The third-order valence-electron chi connectivity index (χ3n) is 5.05. The fourth-order valence-corrected chi connectivity index (χ4v) is 4.03. The van der Waals surface area contributed by atoms with Gasteiger partial charge in [0.2, 0.25) is 0 Å². The summed E-state index contributed by atoms with van der Waals surface area (Å²) in [5, 5.41) is 13.5. The summed E-state index contributed by atoms with van der Waals surface area (Å²) in [6, 6.07) is 0. The van der Waals surface area contributed by atoms with E-state index in [0.29, 0.717) is 5.41 Å². The molecule has 0 aromatic carbocycles. The van der Waals surface area contributed by atoms with Crippen molar-refractivity contribution in [1.29, 1.82) is 0 Å². The van der Waals surface area contributed by atoms with E-state index in [0.717, 1.165) is 39.3 Å². The van der Waals surface area contributed by atoms with Crippen LogP contribution in [-0.4, -0.2) is 72.9 Å². The Balaban J connectivity index is 1.79. The van der Waals surface area contributed by atoms with Crippen molar-refractivity contribution in [2.24, 2.45) is 5.41 Å². The molecule has 1 aliphatic heterocycles. The number of β-amino-alcohol motifs (C(OH)–C–C–N with tert-alkyl or cyclic N) is 1. The summed E-state index contributed by atoms with van der Waals surface area (Å²) in [6.07, 6.45) is 5.60. The van der Waals surface area contributed by atoms with Crippen LogP contribution in [0.1, 0.15) is 46.5 Å². The van der Waals surface area contributed by atoms with E-state index in [9.17, 15) is 5.11 Å². The molecule has 124 valence electrons. The maximum Gasteiger partial charge on any atom is 0.0718 e. The largest absolute Gasteiger partial charge is 0.389 e. The number of aliphatic hydroxyl groups is 1. The van der Waals surface area contributed by atoms with Gasteiger partial charge in [0.15, 0.2) is 0 Å². The van der Waals surface area contributed by atoms with Crippen molar-refractivity contribution in [3.63, 3.8) is 0 Å². The minimum absolute atomic E-state index is 0.522. The van der Waals surface area contributed by atoms with Gasteiger partial charge in [0.1, 0.15) is 0 Å². The number of rotatable bonds is 7. The quantitative estimate of drug-likeness (QED) is 0.748. The Hall–Kier alpha value is -0.160. The van der Waals surface area contributed by atoms with Crippen LogP contribution in [0.2, 0.25) is 0 Å².